The normalized spacial score (nSPS) is 32.5. The van der Waals surface area contributed by atoms with Crippen molar-refractivity contribution in [2.45, 2.75) is 31.3 Å². The number of rotatable bonds is 2. The largest absolute Gasteiger partial charge is 0.355 e. The summed E-state index contributed by atoms with van der Waals surface area (Å²) in [5.74, 6) is 0.276. The molecule has 5 heteroatoms. The molecule has 5 nitrogen and oxygen atoms in total. The van der Waals surface area contributed by atoms with Gasteiger partial charge < -0.3 is 10.2 Å². The summed E-state index contributed by atoms with van der Waals surface area (Å²) in [6, 6.07) is 0.393. The minimum absolute atomic E-state index is 0.0716. The van der Waals surface area contributed by atoms with Gasteiger partial charge in [-0.05, 0) is 19.3 Å². The van der Waals surface area contributed by atoms with Gasteiger partial charge in [-0.3, -0.25) is 14.5 Å². The molecule has 3 rings (SSSR count). The van der Waals surface area contributed by atoms with Crippen molar-refractivity contribution < 1.29 is 9.59 Å². The molecular formula is C10H15N3O2. The van der Waals surface area contributed by atoms with E-state index >= 15 is 0 Å². The zero-order chi connectivity index (χ0) is 10.4. The summed E-state index contributed by atoms with van der Waals surface area (Å²) in [4.78, 5) is 27.1. The van der Waals surface area contributed by atoms with Crippen LogP contribution in [0, 0.1) is 0 Å². The number of hydrogen-bond acceptors (Lipinski definition) is 3. The van der Waals surface area contributed by atoms with Crippen LogP contribution >= 0.6 is 0 Å². The monoisotopic (exact) mass is 209 g/mol. The fourth-order valence-electron chi connectivity index (χ4n) is 2.43. The van der Waals surface area contributed by atoms with Gasteiger partial charge >= 0.3 is 0 Å². The molecule has 2 amide bonds. The molecule has 2 aliphatic heterocycles. The van der Waals surface area contributed by atoms with Crippen molar-refractivity contribution in [3.8, 4) is 0 Å². The Morgan fingerprint density at radius 2 is 2.00 bits per heavy atom. The van der Waals surface area contributed by atoms with Crippen LogP contribution < -0.4 is 5.32 Å². The first-order chi connectivity index (χ1) is 7.25. The second-order valence-corrected chi connectivity index (χ2v) is 4.58. The third-order valence-corrected chi connectivity index (χ3v) is 3.44. The molecule has 2 heterocycles. The van der Waals surface area contributed by atoms with Gasteiger partial charge in [0.15, 0.2) is 0 Å². The van der Waals surface area contributed by atoms with E-state index in [2.05, 4.69) is 5.32 Å². The lowest BCUT2D eigenvalue weighted by atomic mass is 10.2. The quantitative estimate of drug-likeness (QED) is 0.644. The molecule has 0 bridgehead atoms. The summed E-state index contributed by atoms with van der Waals surface area (Å²) in [5.41, 5.74) is 0. The third kappa shape index (κ3) is 1.51. The molecule has 0 aromatic carbocycles. The van der Waals surface area contributed by atoms with E-state index in [1.54, 1.807) is 0 Å². The maximum atomic E-state index is 11.7. The van der Waals surface area contributed by atoms with Gasteiger partial charge in [-0.1, -0.05) is 0 Å². The van der Waals surface area contributed by atoms with E-state index in [1.807, 2.05) is 9.80 Å². The molecular weight excluding hydrogens is 194 g/mol. The number of nitrogens with zero attached hydrogens (tertiary/aromatic N) is 2. The average molecular weight is 209 g/mol. The zero-order valence-corrected chi connectivity index (χ0v) is 8.61. The van der Waals surface area contributed by atoms with Gasteiger partial charge in [-0.2, -0.15) is 0 Å². The van der Waals surface area contributed by atoms with Crippen LogP contribution in [0.25, 0.3) is 0 Å². The molecule has 0 spiro atoms. The Morgan fingerprint density at radius 1 is 1.20 bits per heavy atom. The van der Waals surface area contributed by atoms with E-state index < -0.39 is 0 Å². The lowest BCUT2D eigenvalue weighted by Crippen LogP contribution is -2.40. The predicted molar refractivity (Wildman–Crippen MR) is 52.9 cm³/mol. The number of hydrogen-bond donors (Lipinski definition) is 1. The Bertz CT molecular complexity index is 314. The summed E-state index contributed by atoms with van der Waals surface area (Å²) in [6.45, 7) is 1.83. The number of amides is 2. The minimum Gasteiger partial charge on any atom is -0.355 e. The van der Waals surface area contributed by atoms with Gasteiger partial charge in [0, 0.05) is 12.6 Å². The lowest BCUT2D eigenvalue weighted by Gasteiger charge is -2.21. The van der Waals surface area contributed by atoms with Crippen LogP contribution in [-0.4, -0.2) is 53.5 Å². The summed E-state index contributed by atoms with van der Waals surface area (Å²) >= 11 is 0. The van der Waals surface area contributed by atoms with Gasteiger partial charge in [0.05, 0.1) is 19.3 Å². The highest BCUT2D eigenvalue weighted by Gasteiger charge is 2.42. The summed E-state index contributed by atoms with van der Waals surface area (Å²) in [7, 11) is 0. The van der Waals surface area contributed by atoms with E-state index in [9.17, 15) is 9.59 Å². The molecule has 2 saturated heterocycles. The number of carbonyl (C=O) groups excluding carboxylic acids is 2. The minimum atomic E-state index is -0.0716. The predicted octanol–water partition coefficient (Wildman–Crippen LogP) is -0.861. The van der Waals surface area contributed by atoms with Crippen molar-refractivity contribution >= 4 is 11.8 Å². The second kappa shape index (κ2) is 3.20. The summed E-state index contributed by atoms with van der Waals surface area (Å²) < 4.78 is 0. The van der Waals surface area contributed by atoms with Crippen LogP contribution in [0.2, 0.25) is 0 Å². The Morgan fingerprint density at radius 3 is 2.60 bits per heavy atom. The average Bonchev–Trinajstić information content (AvgIpc) is 2.85. The standard InChI is InChI=1S/C10H15N3O2/c14-9-5-12(6-13(9)7-1-2-7)8-3-4-11-10(8)15/h7-8H,1-6H2,(H,11,15). The molecule has 82 valence electrons. The fourth-order valence-corrected chi connectivity index (χ4v) is 2.43. The first-order valence-electron chi connectivity index (χ1n) is 5.57. The molecule has 3 fully saturated rings. The molecule has 1 unspecified atom stereocenters. The van der Waals surface area contributed by atoms with Crippen molar-refractivity contribution in [2.24, 2.45) is 0 Å². The zero-order valence-electron chi connectivity index (χ0n) is 8.61. The highest BCUT2D eigenvalue weighted by atomic mass is 16.2. The molecule has 3 aliphatic rings. The molecule has 15 heavy (non-hydrogen) atoms. The Labute approximate surface area is 88.4 Å². The highest BCUT2D eigenvalue weighted by Crippen LogP contribution is 2.30. The van der Waals surface area contributed by atoms with E-state index in [-0.39, 0.29) is 17.9 Å². The lowest BCUT2D eigenvalue weighted by molar-refractivity contribution is -0.127. The first kappa shape index (κ1) is 9.15. The molecule has 0 radical (unpaired) electrons. The maximum absolute atomic E-state index is 11.7. The molecule has 1 N–H and O–H groups in total. The molecule has 1 saturated carbocycles. The van der Waals surface area contributed by atoms with Gasteiger partial charge in [0.25, 0.3) is 0 Å². The Kier molecular flexibility index (Phi) is 1.95. The van der Waals surface area contributed by atoms with Crippen LogP contribution in [0.1, 0.15) is 19.3 Å². The highest BCUT2D eigenvalue weighted by molar-refractivity contribution is 5.86. The van der Waals surface area contributed by atoms with Gasteiger partial charge in [0.1, 0.15) is 0 Å². The van der Waals surface area contributed by atoms with Crippen LogP contribution in [0.15, 0.2) is 0 Å². The second-order valence-electron chi connectivity index (χ2n) is 4.58. The van der Waals surface area contributed by atoms with Crippen molar-refractivity contribution in [3.63, 3.8) is 0 Å². The van der Waals surface area contributed by atoms with Crippen LogP contribution in [0.4, 0.5) is 0 Å². The van der Waals surface area contributed by atoms with Crippen molar-refractivity contribution in [1.29, 1.82) is 0 Å². The van der Waals surface area contributed by atoms with E-state index in [4.69, 9.17) is 0 Å². The van der Waals surface area contributed by atoms with Crippen LogP contribution in [-0.2, 0) is 9.59 Å². The van der Waals surface area contributed by atoms with Crippen LogP contribution in [0.3, 0.4) is 0 Å². The molecule has 0 aromatic rings. The molecule has 1 aliphatic carbocycles. The number of nitrogens with one attached hydrogen (secondary N) is 1. The van der Waals surface area contributed by atoms with Crippen molar-refractivity contribution in [2.75, 3.05) is 19.8 Å². The molecule has 0 aromatic heterocycles. The van der Waals surface area contributed by atoms with Gasteiger partial charge in [-0.15, -0.1) is 0 Å². The van der Waals surface area contributed by atoms with Gasteiger partial charge in [-0.25, -0.2) is 0 Å². The first-order valence-corrected chi connectivity index (χ1v) is 5.57. The Balaban J connectivity index is 1.68. The Hall–Kier alpha value is -1.10. The maximum Gasteiger partial charge on any atom is 0.238 e. The number of carbonyl (C=O) groups is 2. The SMILES string of the molecule is O=C1NCCC1N1CC(=O)N(C2CC2)C1. The topological polar surface area (TPSA) is 52.7 Å². The van der Waals surface area contributed by atoms with Gasteiger partial charge in [0.2, 0.25) is 11.8 Å². The smallest absolute Gasteiger partial charge is 0.238 e. The third-order valence-electron chi connectivity index (χ3n) is 3.44. The van der Waals surface area contributed by atoms with E-state index in [0.29, 0.717) is 19.3 Å². The van der Waals surface area contributed by atoms with Crippen molar-refractivity contribution in [1.82, 2.24) is 15.1 Å². The summed E-state index contributed by atoms with van der Waals surface area (Å²) in [5, 5.41) is 2.81. The van der Waals surface area contributed by atoms with Crippen molar-refractivity contribution in [3.05, 3.63) is 0 Å². The molecule has 1 atom stereocenters. The summed E-state index contributed by atoms with van der Waals surface area (Å²) in [6.07, 6.45) is 3.11. The van der Waals surface area contributed by atoms with Crippen LogP contribution in [0.5, 0.6) is 0 Å². The fraction of sp³-hybridized carbons (Fsp3) is 0.800. The van der Waals surface area contributed by atoms with E-state index in [0.717, 1.165) is 25.8 Å². The van der Waals surface area contributed by atoms with E-state index in [1.165, 1.54) is 0 Å².